The number of ether oxygens (including phenoxy) is 3. The Bertz CT molecular complexity index is 667. The van der Waals surface area contributed by atoms with Crippen molar-refractivity contribution in [1.82, 2.24) is 20.2 Å². The van der Waals surface area contributed by atoms with E-state index >= 15 is 0 Å². The number of hydrogen-bond acceptors (Lipinski definition) is 5. The average Bonchev–Trinajstić information content (AvgIpc) is 3.16. The highest BCUT2D eigenvalue weighted by Gasteiger charge is 2.13. The summed E-state index contributed by atoms with van der Waals surface area (Å²) in [6, 6.07) is 3.82. The molecule has 1 aromatic heterocycles. The molecule has 1 heterocycles. The van der Waals surface area contributed by atoms with Crippen LogP contribution in [0.4, 0.5) is 0 Å². The van der Waals surface area contributed by atoms with Crippen molar-refractivity contribution < 1.29 is 14.2 Å². The minimum atomic E-state index is 0. The molecule has 0 saturated carbocycles. The summed E-state index contributed by atoms with van der Waals surface area (Å²) in [7, 11) is 6.53. The van der Waals surface area contributed by atoms with Crippen LogP contribution in [0.2, 0.25) is 0 Å². The second-order valence-electron chi connectivity index (χ2n) is 5.19. The third-order valence-electron chi connectivity index (χ3n) is 3.63. The monoisotopic (exact) mass is 475 g/mol. The van der Waals surface area contributed by atoms with Crippen LogP contribution in [0.3, 0.4) is 0 Å². The van der Waals surface area contributed by atoms with Crippen molar-refractivity contribution in [3.63, 3.8) is 0 Å². The van der Waals surface area contributed by atoms with Gasteiger partial charge in [-0.1, -0.05) is 0 Å². The summed E-state index contributed by atoms with van der Waals surface area (Å²) in [5, 5.41) is 6.53. The number of nitrogens with one attached hydrogen (secondary N) is 2. The highest BCUT2D eigenvalue weighted by molar-refractivity contribution is 14.0. The van der Waals surface area contributed by atoms with Gasteiger partial charge < -0.3 is 29.4 Å². The Labute approximate surface area is 171 Å². The number of aromatic nitrogens is 2. The molecule has 0 saturated heterocycles. The minimum absolute atomic E-state index is 0. The Morgan fingerprint density at radius 3 is 2.31 bits per heavy atom. The molecule has 0 radical (unpaired) electrons. The molecular formula is C17H26IN5O3. The van der Waals surface area contributed by atoms with Crippen molar-refractivity contribution in [2.24, 2.45) is 4.99 Å². The molecule has 8 nitrogen and oxygen atoms in total. The summed E-state index contributed by atoms with van der Waals surface area (Å²) in [5.41, 5.74) is 0.993. The first-order valence-corrected chi connectivity index (χ1v) is 7.91. The van der Waals surface area contributed by atoms with Gasteiger partial charge in [0.2, 0.25) is 5.75 Å². The van der Waals surface area contributed by atoms with E-state index in [9.17, 15) is 0 Å². The zero-order valence-corrected chi connectivity index (χ0v) is 17.8. The molecular weight excluding hydrogens is 449 g/mol. The van der Waals surface area contributed by atoms with E-state index in [1.807, 2.05) is 22.9 Å². The average molecular weight is 475 g/mol. The number of halogens is 1. The number of hydrogen-bond donors (Lipinski definition) is 2. The van der Waals surface area contributed by atoms with Gasteiger partial charge in [0.15, 0.2) is 17.5 Å². The maximum Gasteiger partial charge on any atom is 0.203 e. The van der Waals surface area contributed by atoms with Crippen LogP contribution in [0.5, 0.6) is 17.2 Å². The Balaban J connectivity index is 0.00000338. The molecule has 0 amide bonds. The first-order valence-electron chi connectivity index (χ1n) is 7.91. The molecule has 0 spiro atoms. The molecule has 26 heavy (non-hydrogen) atoms. The van der Waals surface area contributed by atoms with Gasteiger partial charge in [0.05, 0.1) is 27.7 Å². The Hall–Kier alpha value is -2.17. The van der Waals surface area contributed by atoms with Gasteiger partial charge in [-0.3, -0.25) is 4.99 Å². The quantitative estimate of drug-likeness (QED) is 0.345. The van der Waals surface area contributed by atoms with Gasteiger partial charge in [-0.25, -0.2) is 4.98 Å². The maximum atomic E-state index is 5.37. The summed E-state index contributed by atoms with van der Waals surface area (Å²) >= 11 is 0. The standard InChI is InChI=1S/C17H25N5O3.HI/c1-18-17(20-6-8-22-7-5-19-12-22)21-11-13-9-14(23-2)16(25-4)15(10-13)24-3;/h5,7,9-10,12H,6,8,11H2,1-4H3,(H2,18,20,21);1H. The van der Waals surface area contributed by atoms with Gasteiger partial charge in [-0.05, 0) is 17.7 Å². The first-order chi connectivity index (χ1) is 12.2. The van der Waals surface area contributed by atoms with Crippen molar-refractivity contribution in [3.05, 3.63) is 36.4 Å². The molecule has 2 rings (SSSR count). The summed E-state index contributed by atoms with van der Waals surface area (Å²) < 4.78 is 18.1. The lowest BCUT2D eigenvalue weighted by molar-refractivity contribution is 0.323. The fourth-order valence-electron chi connectivity index (χ4n) is 2.37. The van der Waals surface area contributed by atoms with E-state index in [-0.39, 0.29) is 24.0 Å². The topological polar surface area (TPSA) is 81.9 Å². The highest BCUT2D eigenvalue weighted by atomic mass is 127. The van der Waals surface area contributed by atoms with Crippen molar-refractivity contribution >= 4 is 29.9 Å². The van der Waals surface area contributed by atoms with E-state index in [0.717, 1.165) is 18.7 Å². The SMILES string of the molecule is CN=C(NCCn1ccnc1)NCc1cc(OC)c(OC)c(OC)c1.I. The number of imidazole rings is 1. The number of methoxy groups -OCH3 is 3. The normalized spacial score (nSPS) is 10.7. The highest BCUT2D eigenvalue weighted by Crippen LogP contribution is 2.38. The number of rotatable bonds is 8. The van der Waals surface area contributed by atoms with Crippen LogP contribution in [0.1, 0.15) is 5.56 Å². The van der Waals surface area contributed by atoms with Gasteiger partial charge in [-0.15, -0.1) is 24.0 Å². The van der Waals surface area contributed by atoms with Gasteiger partial charge >= 0.3 is 0 Å². The molecule has 2 aromatic rings. The molecule has 0 aliphatic carbocycles. The summed E-state index contributed by atoms with van der Waals surface area (Å²) in [5.74, 6) is 2.55. The molecule has 0 unspecified atom stereocenters. The maximum absolute atomic E-state index is 5.37. The number of guanidine groups is 1. The molecule has 2 N–H and O–H groups in total. The van der Waals surface area contributed by atoms with Gasteiger partial charge in [0.1, 0.15) is 0 Å². The summed E-state index contributed by atoms with van der Waals surface area (Å²) in [6.07, 6.45) is 5.47. The minimum Gasteiger partial charge on any atom is -0.493 e. The predicted octanol–water partition coefficient (Wildman–Crippen LogP) is 1.89. The largest absolute Gasteiger partial charge is 0.493 e. The molecule has 144 valence electrons. The molecule has 0 fully saturated rings. The van der Waals surface area contributed by atoms with Crippen LogP contribution in [0.15, 0.2) is 35.8 Å². The van der Waals surface area contributed by atoms with E-state index in [4.69, 9.17) is 14.2 Å². The smallest absolute Gasteiger partial charge is 0.203 e. The third-order valence-corrected chi connectivity index (χ3v) is 3.63. The molecule has 0 aliphatic rings. The lowest BCUT2D eigenvalue weighted by atomic mass is 10.2. The zero-order chi connectivity index (χ0) is 18.1. The van der Waals surface area contributed by atoms with E-state index in [1.54, 1.807) is 40.9 Å². The predicted molar refractivity (Wildman–Crippen MR) is 112 cm³/mol. The van der Waals surface area contributed by atoms with E-state index in [1.165, 1.54) is 0 Å². The Kier molecular flexibility index (Phi) is 9.63. The molecule has 9 heteroatoms. The third kappa shape index (κ3) is 5.97. The molecule has 0 aliphatic heterocycles. The van der Waals surface area contributed by atoms with Crippen LogP contribution >= 0.6 is 24.0 Å². The lowest BCUT2D eigenvalue weighted by Gasteiger charge is -2.16. The lowest BCUT2D eigenvalue weighted by Crippen LogP contribution is -2.38. The van der Waals surface area contributed by atoms with E-state index in [2.05, 4.69) is 20.6 Å². The zero-order valence-electron chi connectivity index (χ0n) is 15.5. The van der Waals surface area contributed by atoms with Gasteiger partial charge in [0, 0.05) is 39.1 Å². The van der Waals surface area contributed by atoms with Crippen molar-refractivity contribution in [2.45, 2.75) is 13.1 Å². The second-order valence-corrected chi connectivity index (χ2v) is 5.19. The van der Waals surface area contributed by atoms with Crippen LogP contribution in [0, 0.1) is 0 Å². The van der Waals surface area contributed by atoms with Crippen molar-refractivity contribution in [3.8, 4) is 17.2 Å². The van der Waals surface area contributed by atoms with Crippen LogP contribution in [-0.4, -0.2) is 50.4 Å². The molecule has 1 aromatic carbocycles. The van der Waals surface area contributed by atoms with Crippen LogP contribution in [0.25, 0.3) is 0 Å². The Morgan fingerprint density at radius 2 is 1.81 bits per heavy atom. The molecule has 0 atom stereocenters. The first kappa shape index (κ1) is 21.9. The number of benzene rings is 1. The van der Waals surface area contributed by atoms with Crippen LogP contribution in [-0.2, 0) is 13.1 Å². The van der Waals surface area contributed by atoms with Crippen LogP contribution < -0.4 is 24.8 Å². The Morgan fingerprint density at radius 1 is 1.12 bits per heavy atom. The van der Waals surface area contributed by atoms with Crippen molar-refractivity contribution in [1.29, 1.82) is 0 Å². The second kappa shape index (κ2) is 11.4. The summed E-state index contributed by atoms with van der Waals surface area (Å²) in [6.45, 7) is 2.12. The van der Waals surface area contributed by atoms with Crippen molar-refractivity contribution in [2.75, 3.05) is 34.9 Å². The van der Waals surface area contributed by atoms with E-state index < -0.39 is 0 Å². The van der Waals surface area contributed by atoms with Gasteiger partial charge in [-0.2, -0.15) is 0 Å². The number of nitrogens with zero attached hydrogens (tertiary/aromatic N) is 3. The van der Waals surface area contributed by atoms with Gasteiger partial charge in [0.25, 0.3) is 0 Å². The molecule has 0 bridgehead atoms. The summed E-state index contributed by atoms with van der Waals surface area (Å²) in [4.78, 5) is 8.24. The fraction of sp³-hybridized carbons (Fsp3) is 0.412. The number of aliphatic imine (C=N–C) groups is 1. The fourth-order valence-corrected chi connectivity index (χ4v) is 2.37. The van der Waals surface area contributed by atoms with E-state index in [0.29, 0.717) is 29.8 Å².